The molecule has 2 aromatic carbocycles. The van der Waals surface area contributed by atoms with Crippen LogP contribution in [0.1, 0.15) is 37.9 Å². The second-order valence-corrected chi connectivity index (χ2v) is 11.1. The highest BCUT2D eigenvalue weighted by molar-refractivity contribution is 9.10. The lowest BCUT2D eigenvalue weighted by Gasteiger charge is -2.25. The molecule has 1 atom stereocenters. The first-order valence-electron chi connectivity index (χ1n) is 11.2. The molecule has 0 bridgehead atoms. The van der Waals surface area contributed by atoms with Gasteiger partial charge in [-0.25, -0.2) is 9.79 Å². The van der Waals surface area contributed by atoms with Gasteiger partial charge in [0.05, 0.1) is 34.7 Å². The first kappa shape index (κ1) is 24.7. The summed E-state index contributed by atoms with van der Waals surface area (Å²) >= 11 is 10.7. The van der Waals surface area contributed by atoms with E-state index < -0.39 is 17.6 Å². The number of hydrogen-bond acceptors (Lipinski definition) is 6. The van der Waals surface area contributed by atoms with Crippen LogP contribution in [0.4, 0.5) is 5.69 Å². The summed E-state index contributed by atoms with van der Waals surface area (Å²) in [6.07, 6.45) is -0.350. The van der Waals surface area contributed by atoms with Crippen LogP contribution in [0.5, 0.6) is 0 Å². The third-order valence-electron chi connectivity index (χ3n) is 6.08. The molecule has 0 unspecified atom stereocenters. The van der Waals surface area contributed by atoms with Gasteiger partial charge >= 0.3 is 5.97 Å². The summed E-state index contributed by atoms with van der Waals surface area (Å²) in [5.74, 6) is -0.818. The zero-order chi connectivity index (χ0) is 25.9. The van der Waals surface area contributed by atoms with Gasteiger partial charge in [0.1, 0.15) is 4.53 Å². The Bertz CT molecular complexity index is 1650. The van der Waals surface area contributed by atoms with Crippen molar-refractivity contribution in [2.75, 3.05) is 11.9 Å². The molecule has 10 heteroatoms. The number of nitrogens with zero attached hydrogens (tertiary/aromatic N) is 3. The van der Waals surface area contributed by atoms with E-state index in [-0.39, 0.29) is 22.1 Å². The van der Waals surface area contributed by atoms with Gasteiger partial charge in [-0.15, -0.1) is 0 Å². The van der Waals surface area contributed by atoms with Crippen LogP contribution >= 0.6 is 38.9 Å². The first-order chi connectivity index (χ1) is 17.1. The van der Waals surface area contributed by atoms with Crippen LogP contribution in [0.25, 0.3) is 5.57 Å². The van der Waals surface area contributed by atoms with Crippen molar-refractivity contribution >= 4 is 62.0 Å². The van der Waals surface area contributed by atoms with E-state index in [1.165, 1.54) is 9.47 Å². The second-order valence-electron chi connectivity index (χ2n) is 8.81. The first-order valence-corrected chi connectivity index (χ1v) is 13.2. The van der Waals surface area contributed by atoms with Crippen molar-refractivity contribution in [3.63, 3.8) is 0 Å². The normalized spacial score (nSPS) is 18.4. The lowest BCUT2D eigenvalue weighted by atomic mass is 9.96. The molecule has 184 valence electrons. The topological polar surface area (TPSA) is 81.0 Å². The minimum Gasteiger partial charge on any atom is -0.459 e. The number of ether oxygens (including phenoxy) is 1. The molecule has 2 aliphatic rings. The van der Waals surface area contributed by atoms with Crippen molar-refractivity contribution in [2.45, 2.75) is 32.9 Å². The molecule has 3 heterocycles. The van der Waals surface area contributed by atoms with E-state index in [1.807, 2.05) is 18.2 Å². The number of hydrogen-bond donors (Lipinski definition) is 0. The number of rotatable bonds is 3. The summed E-state index contributed by atoms with van der Waals surface area (Å²) < 4.78 is 8.06. The minimum atomic E-state index is -0.782. The van der Waals surface area contributed by atoms with Gasteiger partial charge < -0.3 is 9.64 Å². The third-order valence-corrected chi connectivity index (χ3v) is 7.88. The quantitative estimate of drug-likeness (QED) is 0.436. The van der Waals surface area contributed by atoms with Gasteiger partial charge in [-0.05, 0) is 56.7 Å². The van der Waals surface area contributed by atoms with Gasteiger partial charge in [0, 0.05) is 22.1 Å². The number of thiazole rings is 1. The maximum absolute atomic E-state index is 14.0. The van der Waals surface area contributed by atoms with Crippen LogP contribution < -0.4 is 19.8 Å². The fraction of sp³-hybridized carbons (Fsp3) is 0.231. The summed E-state index contributed by atoms with van der Waals surface area (Å²) in [4.78, 5) is 47.0. The number of esters is 1. The number of anilines is 1. The lowest BCUT2D eigenvalue weighted by molar-refractivity contribution is -0.143. The molecule has 0 saturated heterocycles. The van der Waals surface area contributed by atoms with Gasteiger partial charge in [0.15, 0.2) is 4.80 Å². The summed E-state index contributed by atoms with van der Waals surface area (Å²) in [5, 5.41) is 0.530. The number of amides is 1. The molecule has 0 spiro atoms. The Balaban J connectivity index is 1.82. The zero-order valence-electron chi connectivity index (χ0n) is 19.8. The molecule has 2 aliphatic heterocycles. The molecule has 0 radical (unpaired) electrons. The molecule has 5 rings (SSSR count). The highest BCUT2D eigenvalue weighted by Crippen LogP contribution is 2.36. The molecule has 0 fully saturated rings. The highest BCUT2D eigenvalue weighted by Gasteiger charge is 2.36. The summed E-state index contributed by atoms with van der Waals surface area (Å²) in [5.41, 5.74) is 2.71. The summed E-state index contributed by atoms with van der Waals surface area (Å²) in [6.45, 7) is 5.25. The molecule has 1 amide bonds. The minimum absolute atomic E-state index is 0.271. The standard InChI is InChI=1S/C26H21BrClN3O4S/c1-12(2)35-25(34)19-13(3)29-26-31(21(19)14-5-8-16(28)9-6-14)24(33)22(36-26)20-17-11-15(27)7-10-18(17)30(4)23(20)32/h5-12,21H,1-4H3/b22-20-/t21-/m0/s1. The van der Waals surface area contributed by atoms with E-state index in [1.54, 1.807) is 52.1 Å². The molecular weight excluding hydrogens is 566 g/mol. The van der Waals surface area contributed by atoms with E-state index >= 15 is 0 Å². The smallest absolute Gasteiger partial charge is 0.338 e. The monoisotopic (exact) mass is 585 g/mol. The number of fused-ring (bicyclic) bond motifs is 2. The fourth-order valence-corrected chi connectivity index (χ4v) is 6.11. The van der Waals surface area contributed by atoms with Crippen molar-refractivity contribution < 1.29 is 14.3 Å². The number of carbonyl (C=O) groups excluding carboxylic acids is 2. The van der Waals surface area contributed by atoms with Crippen LogP contribution in [0.15, 0.2) is 68.0 Å². The summed E-state index contributed by atoms with van der Waals surface area (Å²) in [6, 6.07) is 11.7. The van der Waals surface area contributed by atoms with Crippen molar-refractivity contribution in [3.05, 3.63) is 94.0 Å². The van der Waals surface area contributed by atoms with Crippen LogP contribution in [0, 0.1) is 0 Å². The molecule has 0 aliphatic carbocycles. The molecule has 0 saturated carbocycles. The summed E-state index contributed by atoms with van der Waals surface area (Å²) in [7, 11) is 1.68. The van der Waals surface area contributed by atoms with Crippen molar-refractivity contribution in [1.29, 1.82) is 0 Å². The number of likely N-dealkylation sites (N-methyl/N-ethyl adjacent to an activating group) is 1. The maximum atomic E-state index is 14.0. The van der Waals surface area contributed by atoms with E-state index in [2.05, 4.69) is 20.9 Å². The van der Waals surface area contributed by atoms with Gasteiger partial charge in [-0.2, -0.15) is 0 Å². The Labute approximate surface area is 224 Å². The molecule has 7 nitrogen and oxygen atoms in total. The number of benzene rings is 2. The van der Waals surface area contributed by atoms with Crippen LogP contribution in [-0.2, 0) is 14.3 Å². The van der Waals surface area contributed by atoms with Crippen molar-refractivity contribution in [1.82, 2.24) is 4.57 Å². The van der Waals surface area contributed by atoms with Crippen LogP contribution in [0.3, 0.4) is 0 Å². The lowest BCUT2D eigenvalue weighted by Crippen LogP contribution is -2.41. The van der Waals surface area contributed by atoms with E-state index in [0.717, 1.165) is 21.5 Å². The molecule has 3 aromatic rings. The third kappa shape index (κ3) is 3.95. The zero-order valence-corrected chi connectivity index (χ0v) is 23.0. The Hall–Kier alpha value is -3.01. The average molecular weight is 587 g/mol. The Morgan fingerprint density at radius 2 is 1.86 bits per heavy atom. The molecule has 1 aromatic heterocycles. The van der Waals surface area contributed by atoms with Gasteiger partial charge in [-0.3, -0.25) is 14.2 Å². The predicted molar refractivity (Wildman–Crippen MR) is 143 cm³/mol. The van der Waals surface area contributed by atoms with E-state index in [9.17, 15) is 14.4 Å². The van der Waals surface area contributed by atoms with Gasteiger partial charge in [0.25, 0.3) is 11.5 Å². The molecule has 36 heavy (non-hydrogen) atoms. The number of allylic oxidation sites excluding steroid dienone is 1. The van der Waals surface area contributed by atoms with E-state index in [0.29, 0.717) is 32.2 Å². The van der Waals surface area contributed by atoms with Crippen molar-refractivity contribution in [3.8, 4) is 0 Å². The van der Waals surface area contributed by atoms with E-state index in [4.69, 9.17) is 16.3 Å². The SMILES string of the molecule is CC1=C(C(=O)OC(C)C)[C@H](c2ccc(Cl)cc2)n2c(s/c(=C3\C(=O)N(C)c4ccc(Br)cc43)c2=O)=N1. The Morgan fingerprint density at radius 3 is 2.53 bits per heavy atom. The van der Waals surface area contributed by atoms with Crippen LogP contribution in [0.2, 0.25) is 5.02 Å². The Morgan fingerprint density at radius 1 is 1.17 bits per heavy atom. The largest absolute Gasteiger partial charge is 0.459 e. The fourth-order valence-electron chi connectivity index (χ4n) is 4.48. The van der Waals surface area contributed by atoms with Gasteiger partial charge in [-0.1, -0.05) is 51.0 Å². The molecule has 0 N–H and O–H groups in total. The predicted octanol–water partition coefficient (Wildman–Crippen LogP) is 3.95. The van der Waals surface area contributed by atoms with Crippen molar-refractivity contribution in [2.24, 2.45) is 4.99 Å². The second kappa shape index (κ2) is 9.14. The van der Waals surface area contributed by atoms with Crippen LogP contribution in [-0.4, -0.2) is 29.6 Å². The number of aromatic nitrogens is 1. The van der Waals surface area contributed by atoms with Gasteiger partial charge in [0.2, 0.25) is 0 Å². The number of carbonyl (C=O) groups is 2. The number of halogens is 2. The average Bonchev–Trinajstić information content (AvgIpc) is 3.25. The highest BCUT2D eigenvalue weighted by atomic mass is 79.9. The molecular formula is C26H21BrClN3O4S. The maximum Gasteiger partial charge on any atom is 0.338 e. The Kier molecular flexibility index (Phi) is 6.26.